The van der Waals surface area contributed by atoms with Gasteiger partial charge in [0.25, 0.3) is 0 Å². The minimum atomic E-state index is -1.62. The zero-order chi connectivity index (χ0) is 50.4. The number of aliphatic hydroxyl groups is 5. The van der Waals surface area contributed by atoms with Crippen LogP contribution < -0.4 is 5.32 Å². The van der Waals surface area contributed by atoms with E-state index >= 15 is 0 Å². The highest BCUT2D eigenvalue weighted by Crippen LogP contribution is 2.26. The number of rotatable bonds is 47. The lowest BCUT2D eigenvalue weighted by molar-refractivity contribution is -0.305. The summed E-state index contributed by atoms with van der Waals surface area (Å²) in [5.74, 6) is -1.27. The Hall–Kier alpha value is -2.38. The fraction of sp³-hybridized carbons (Fsp3) is 0.828. The largest absolute Gasteiger partial charge is 0.454 e. The van der Waals surface area contributed by atoms with E-state index in [0.29, 0.717) is 12.8 Å². The summed E-state index contributed by atoms with van der Waals surface area (Å²) in [6.45, 7) is 5.71. The summed E-state index contributed by atoms with van der Waals surface area (Å²) in [6.07, 6.45) is 44.7. The molecule has 0 saturated carbocycles. The summed E-state index contributed by atoms with van der Waals surface area (Å²) < 4.78 is 17.5. The van der Waals surface area contributed by atoms with Crippen molar-refractivity contribution < 1.29 is 49.3 Å². The number of allylic oxidation sites excluding steroid dienone is 6. The molecule has 69 heavy (non-hydrogen) atoms. The van der Waals surface area contributed by atoms with Crippen molar-refractivity contribution >= 4 is 11.9 Å². The van der Waals surface area contributed by atoms with Gasteiger partial charge in [-0.3, -0.25) is 9.59 Å². The third-order valence-corrected chi connectivity index (χ3v) is 13.2. The molecule has 1 aliphatic rings. The highest BCUT2D eigenvalue weighted by atomic mass is 16.7. The van der Waals surface area contributed by atoms with Crippen molar-refractivity contribution in [1.82, 2.24) is 5.32 Å². The van der Waals surface area contributed by atoms with Gasteiger partial charge in [0.15, 0.2) is 12.4 Å². The van der Waals surface area contributed by atoms with E-state index in [0.717, 1.165) is 64.2 Å². The van der Waals surface area contributed by atoms with Gasteiger partial charge in [-0.05, 0) is 64.2 Å². The van der Waals surface area contributed by atoms with Crippen LogP contribution in [-0.2, 0) is 23.8 Å². The Labute approximate surface area is 421 Å². The molecule has 8 atom stereocenters. The maximum atomic E-state index is 13.3. The molecule has 1 aliphatic heterocycles. The van der Waals surface area contributed by atoms with E-state index in [1.165, 1.54) is 135 Å². The Morgan fingerprint density at radius 2 is 1.00 bits per heavy atom. The van der Waals surface area contributed by atoms with Gasteiger partial charge >= 0.3 is 5.97 Å². The van der Waals surface area contributed by atoms with Crippen LogP contribution in [0.5, 0.6) is 0 Å². The number of aliphatic hydroxyl groups excluding tert-OH is 5. The molecule has 1 amide bonds. The van der Waals surface area contributed by atoms with Crippen molar-refractivity contribution in [3.8, 4) is 0 Å². The van der Waals surface area contributed by atoms with E-state index in [2.05, 4.69) is 50.4 Å². The first-order valence-electron chi connectivity index (χ1n) is 28.4. The molecular formula is C58H105NO10. The van der Waals surface area contributed by atoms with Crippen LogP contribution in [0, 0.1) is 0 Å². The number of nitrogens with one attached hydrogen (secondary N) is 1. The molecule has 0 aromatic carbocycles. The van der Waals surface area contributed by atoms with E-state index in [-0.39, 0.29) is 19.4 Å². The Morgan fingerprint density at radius 3 is 1.49 bits per heavy atom. The minimum Gasteiger partial charge on any atom is -0.454 e. The average Bonchev–Trinajstić information content (AvgIpc) is 3.34. The van der Waals surface area contributed by atoms with Crippen molar-refractivity contribution in [3.05, 3.63) is 48.6 Å². The molecular weight excluding hydrogens is 871 g/mol. The molecule has 0 aromatic rings. The summed E-state index contributed by atoms with van der Waals surface area (Å²) in [5, 5.41) is 56.6. The fourth-order valence-corrected chi connectivity index (χ4v) is 8.63. The van der Waals surface area contributed by atoms with Crippen LogP contribution in [0.3, 0.4) is 0 Å². The van der Waals surface area contributed by atoms with Crippen molar-refractivity contribution in [1.29, 1.82) is 0 Å². The van der Waals surface area contributed by atoms with Crippen LogP contribution in [0.1, 0.15) is 245 Å². The van der Waals surface area contributed by atoms with Gasteiger partial charge in [-0.1, -0.05) is 217 Å². The second kappa shape index (κ2) is 46.7. The molecule has 0 radical (unpaired) electrons. The Kier molecular flexibility index (Phi) is 43.7. The van der Waals surface area contributed by atoms with Gasteiger partial charge in [0, 0.05) is 12.8 Å². The first kappa shape index (κ1) is 64.6. The first-order chi connectivity index (χ1) is 33.7. The maximum absolute atomic E-state index is 13.3. The Bertz CT molecular complexity index is 1300. The number of hydrogen-bond acceptors (Lipinski definition) is 10. The standard InChI is InChI=1S/C58H105NO10/c1-4-7-10-13-16-19-22-24-25-26-27-28-31-34-37-40-43-46-53(63)69-56-55(65)54(64)52(47-60)68-58(56)67-48-49(50(61)44-41-38-35-32-29-21-18-15-12-9-6-3)59-57(66)51(62)45-42-39-36-33-30-23-20-17-14-11-8-5-2/h24-25,30,33,39,41-42,44,49-52,54-56,58,60-62,64-65H,4-23,26-29,31-32,34-38,40,43,45-48H2,1-3H3,(H,59,66)/b25-24+,33-30-,42-39+,44-41+. The van der Waals surface area contributed by atoms with E-state index in [9.17, 15) is 35.1 Å². The van der Waals surface area contributed by atoms with Crippen LogP contribution in [0.25, 0.3) is 0 Å². The minimum absolute atomic E-state index is 0.0818. The lowest BCUT2D eigenvalue weighted by Crippen LogP contribution is -2.61. The van der Waals surface area contributed by atoms with Crippen LogP contribution in [-0.4, -0.2) is 99.6 Å². The molecule has 1 saturated heterocycles. The molecule has 1 rings (SSSR count). The average molecular weight is 976 g/mol. The predicted octanol–water partition coefficient (Wildman–Crippen LogP) is 12.5. The van der Waals surface area contributed by atoms with E-state index in [4.69, 9.17) is 14.2 Å². The highest BCUT2D eigenvalue weighted by Gasteiger charge is 2.47. The number of unbranched alkanes of at least 4 members (excludes halogenated alkanes) is 28. The van der Waals surface area contributed by atoms with Crippen molar-refractivity contribution in [3.63, 3.8) is 0 Å². The van der Waals surface area contributed by atoms with Crippen molar-refractivity contribution in [2.45, 2.75) is 294 Å². The van der Waals surface area contributed by atoms with Gasteiger partial charge in [-0.25, -0.2) is 0 Å². The molecule has 0 aromatic heterocycles. The normalized spacial score (nSPS) is 20.1. The molecule has 11 heteroatoms. The first-order valence-corrected chi connectivity index (χ1v) is 28.4. The molecule has 402 valence electrons. The molecule has 1 heterocycles. The quantitative estimate of drug-likeness (QED) is 0.0196. The third-order valence-electron chi connectivity index (χ3n) is 13.2. The predicted molar refractivity (Wildman–Crippen MR) is 283 cm³/mol. The van der Waals surface area contributed by atoms with Crippen LogP contribution in [0.4, 0.5) is 0 Å². The number of carbonyl (C=O) groups excluding carboxylic acids is 2. The molecule has 0 spiro atoms. The Balaban J connectivity index is 2.75. The van der Waals surface area contributed by atoms with Gasteiger partial charge in [0.05, 0.1) is 25.4 Å². The topological polar surface area (TPSA) is 175 Å². The van der Waals surface area contributed by atoms with Crippen molar-refractivity contribution in [2.75, 3.05) is 13.2 Å². The van der Waals surface area contributed by atoms with Gasteiger partial charge in [-0.2, -0.15) is 0 Å². The molecule has 11 nitrogen and oxygen atoms in total. The smallest absolute Gasteiger partial charge is 0.306 e. The Morgan fingerprint density at radius 1 is 0.565 bits per heavy atom. The van der Waals surface area contributed by atoms with Crippen LogP contribution >= 0.6 is 0 Å². The van der Waals surface area contributed by atoms with Crippen molar-refractivity contribution in [2.24, 2.45) is 0 Å². The summed E-state index contributed by atoms with van der Waals surface area (Å²) in [4.78, 5) is 26.4. The molecule has 0 aliphatic carbocycles. The fourth-order valence-electron chi connectivity index (χ4n) is 8.63. The number of ether oxygens (including phenoxy) is 3. The summed E-state index contributed by atoms with van der Waals surface area (Å²) in [7, 11) is 0. The van der Waals surface area contributed by atoms with E-state index in [1.807, 2.05) is 12.2 Å². The molecule has 1 fully saturated rings. The van der Waals surface area contributed by atoms with Gasteiger partial charge in [0.2, 0.25) is 5.91 Å². The second-order valence-electron chi connectivity index (χ2n) is 19.7. The van der Waals surface area contributed by atoms with Gasteiger partial charge in [0.1, 0.15) is 24.4 Å². The zero-order valence-electron chi connectivity index (χ0n) is 44.2. The van der Waals surface area contributed by atoms with Crippen LogP contribution in [0.2, 0.25) is 0 Å². The summed E-state index contributed by atoms with van der Waals surface area (Å²) >= 11 is 0. The summed E-state index contributed by atoms with van der Waals surface area (Å²) in [6, 6.07) is -1.05. The highest BCUT2D eigenvalue weighted by molar-refractivity contribution is 5.81. The van der Waals surface area contributed by atoms with Gasteiger partial charge < -0.3 is 45.1 Å². The monoisotopic (exact) mass is 976 g/mol. The zero-order valence-corrected chi connectivity index (χ0v) is 44.2. The number of amides is 1. The molecule has 6 N–H and O–H groups in total. The lowest BCUT2D eigenvalue weighted by Gasteiger charge is -2.41. The summed E-state index contributed by atoms with van der Waals surface area (Å²) in [5.41, 5.74) is 0. The third kappa shape index (κ3) is 35.4. The second-order valence-corrected chi connectivity index (χ2v) is 19.7. The lowest BCUT2D eigenvalue weighted by atomic mass is 9.99. The van der Waals surface area contributed by atoms with Crippen LogP contribution in [0.15, 0.2) is 48.6 Å². The number of esters is 1. The number of carbonyl (C=O) groups is 2. The van der Waals surface area contributed by atoms with E-state index < -0.39 is 67.4 Å². The molecule has 0 bridgehead atoms. The SMILES string of the molecule is CCCCCCCC/C=C\C/C=C/CC(O)C(=O)NC(COC1OC(CO)C(O)C(O)C1OC(=O)CCCCCCCCC/C=C/CCCCCCCC)C(O)/C=C/CCCCCCCCCCC. The molecule has 8 unspecified atom stereocenters. The van der Waals surface area contributed by atoms with E-state index in [1.54, 1.807) is 12.2 Å². The maximum Gasteiger partial charge on any atom is 0.306 e. The van der Waals surface area contributed by atoms with Gasteiger partial charge in [-0.15, -0.1) is 0 Å². The number of hydrogen-bond donors (Lipinski definition) is 6.